The molecule has 0 radical (unpaired) electrons. The molecule has 196 valence electrons. The van der Waals surface area contributed by atoms with Crippen LogP contribution in [-0.4, -0.2) is 44.3 Å². The number of carbonyl (C=O) groups is 2. The zero-order chi connectivity index (χ0) is 27.2. The number of likely N-dealkylation sites (N-methyl/N-ethyl adjacent to an activating group) is 1. The van der Waals surface area contributed by atoms with E-state index in [1.807, 2.05) is 0 Å². The minimum Gasteiger partial charge on any atom is -0.355 e. The molecule has 1 N–H and O–H groups in total. The molecule has 0 bridgehead atoms. The number of carbonyl (C=O) groups excluding carboxylic acids is 2. The van der Waals surface area contributed by atoms with Crippen molar-refractivity contribution in [1.29, 1.82) is 0 Å². The highest BCUT2D eigenvalue weighted by Gasteiger charge is 2.33. The summed E-state index contributed by atoms with van der Waals surface area (Å²) in [7, 11) is -4.20. The maximum absolute atomic E-state index is 13.8. The summed E-state index contributed by atoms with van der Waals surface area (Å²) in [6.45, 7) is 2.93. The van der Waals surface area contributed by atoms with E-state index in [2.05, 4.69) is 5.32 Å². The highest BCUT2D eigenvalue weighted by molar-refractivity contribution is 7.92. The van der Waals surface area contributed by atoms with Gasteiger partial charge in [-0.3, -0.25) is 13.9 Å². The van der Waals surface area contributed by atoms with Crippen LogP contribution in [0.25, 0.3) is 0 Å². The first-order valence-corrected chi connectivity index (χ1v) is 14.0. The standard InChI is InChI=1S/C26H26Cl3N3O4S/c1-3-30-26(34)18(2)31(16-20-21(27)13-9-14-22(20)28)25(33)17-32(24-15-8-7-12-23(24)29)37(35,36)19-10-5-4-6-11-19/h4-15,18H,3,16-17H2,1-2H3,(H,30,34)/t18-/m1/s1. The average Bonchev–Trinajstić information content (AvgIpc) is 2.88. The number of sulfonamides is 1. The van der Waals surface area contributed by atoms with Gasteiger partial charge in [-0.25, -0.2) is 8.42 Å². The van der Waals surface area contributed by atoms with E-state index in [1.165, 1.54) is 29.2 Å². The monoisotopic (exact) mass is 581 g/mol. The Balaban J connectivity index is 2.07. The van der Waals surface area contributed by atoms with Crippen molar-refractivity contribution in [3.63, 3.8) is 0 Å². The summed E-state index contributed by atoms with van der Waals surface area (Å²) in [5.74, 6) is -1.05. The lowest BCUT2D eigenvalue weighted by atomic mass is 10.1. The van der Waals surface area contributed by atoms with Gasteiger partial charge in [0.25, 0.3) is 10.0 Å². The normalized spacial score (nSPS) is 12.0. The summed E-state index contributed by atoms with van der Waals surface area (Å²) in [6.07, 6.45) is 0. The first kappa shape index (κ1) is 28.8. The van der Waals surface area contributed by atoms with Gasteiger partial charge in [0.05, 0.1) is 15.6 Å². The molecule has 3 aromatic rings. The summed E-state index contributed by atoms with van der Waals surface area (Å²) in [5, 5.41) is 3.47. The van der Waals surface area contributed by atoms with E-state index >= 15 is 0 Å². The Morgan fingerprint density at radius 3 is 2.03 bits per heavy atom. The van der Waals surface area contributed by atoms with E-state index in [-0.39, 0.29) is 22.2 Å². The van der Waals surface area contributed by atoms with E-state index in [4.69, 9.17) is 34.8 Å². The number of rotatable bonds is 10. The topological polar surface area (TPSA) is 86.8 Å². The van der Waals surface area contributed by atoms with Gasteiger partial charge in [0, 0.05) is 28.7 Å². The molecule has 3 aromatic carbocycles. The van der Waals surface area contributed by atoms with Gasteiger partial charge in [-0.15, -0.1) is 0 Å². The molecule has 3 rings (SSSR count). The fraction of sp³-hybridized carbons (Fsp3) is 0.231. The van der Waals surface area contributed by atoms with E-state index in [0.29, 0.717) is 22.2 Å². The van der Waals surface area contributed by atoms with Crippen molar-refractivity contribution >= 4 is 62.3 Å². The van der Waals surface area contributed by atoms with Crippen LogP contribution in [0.2, 0.25) is 15.1 Å². The number of hydrogen-bond acceptors (Lipinski definition) is 4. The van der Waals surface area contributed by atoms with E-state index in [0.717, 1.165) is 4.31 Å². The maximum Gasteiger partial charge on any atom is 0.264 e. The third kappa shape index (κ3) is 6.76. The number of halogens is 3. The quantitative estimate of drug-likeness (QED) is 0.347. The lowest BCUT2D eigenvalue weighted by molar-refractivity contribution is -0.139. The van der Waals surface area contributed by atoms with Gasteiger partial charge in [-0.1, -0.05) is 71.2 Å². The van der Waals surface area contributed by atoms with Crippen LogP contribution in [0.15, 0.2) is 77.7 Å². The summed E-state index contributed by atoms with van der Waals surface area (Å²) >= 11 is 19.1. The molecule has 11 heteroatoms. The van der Waals surface area contributed by atoms with Gasteiger partial charge in [-0.2, -0.15) is 0 Å². The van der Waals surface area contributed by atoms with Gasteiger partial charge in [0.2, 0.25) is 11.8 Å². The van der Waals surface area contributed by atoms with Gasteiger partial charge in [0.1, 0.15) is 12.6 Å². The predicted octanol–water partition coefficient (Wildman–Crippen LogP) is 5.40. The Morgan fingerprint density at radius 1 is 0.865 bits per heavy atom. The van der Waals surface area contributed by atoms with Crippen molar-refractivity contribution < 1.29 is 18.0 Å². The first-order chi connectivity index (χ1) is 17.6. The van der Waals surface area contributed by atoms with E-state index in [1.54, 1.807) is 62.4 Å². The second kappa shape index (κ2) is 12.6. The molecule has 0 heterocycles. The summed E-state index contributed by atoms with van der Waals surface area (Å²) in [5.41, 5.74) is 0.563. The molecular formula is C26H26Cl3N3O4S. The van der Waals surface area contributed by atoms with E-state index in [9.17, 15) is 18.0 Å². The number of hydrogen-bond donors (Lipinski definition) is 1. The first-order valence-electron chi connectivity index (χ1n) is 11.4. The van der Waals surface area contributed by atoms with Crippen LogP contribution in [0, 0.1) is 0 Å². The third-order valence-electron chi connectivity index (χ3n) is 5.64. The molecule has 0 aromatic heterocycles. The Bertz CT molecular complexity index is 1350. The third-order valence-corrected chi connectivity index (χ3v) is 8.44. The highest BCUT2D eigenvalue weighted by Crippen LogP contribution is 2.31. The molecule has 0 saturated carbocycles. The molecule has 0 fully saturated rings. The second-order valence-electron chi connectivity index (χ2n) is 8.07. The van der Waals surface area contributed by atoms with E-state index < -0.39 is 34.4 Å². The number of nitrogens with zero attached hydrogens (tertiary/aromatic N) is 2. The van der Waals surface area contributed by atoms with Crippen molar-refractivity contribution in [3.8, 4) is 0 Å². The van der Waals surface area contributed by atoms with Gasteiger partial charge in [-0.05, 0) is 50.2 Å². The molecule has 0 unspecified atom stereocenters. The molecule has 37 heavy (non-hydrogen) atoms. The molecule has 7 nitrogen and oxygen atoms in total. The number of amides is 2. The number of para-hydroxylation sites is 1. The Hall–Kier alpha value is -2.78. The van der Waals surface area contributed by atoms with Gasteiger partial charge >= 0.3 is 0 Å². The summed E-state index contributed by atoms with van der Waals surface area (Å²) in [4.78, 5) is 27.8. The lowest BCUT2D eigenvalue weighted by Crippen LogP contribution is -2.51. The van der Waals surface area contributed by atoms with Gasteiger partial charge in [0.15, 0.2) is 0 Å². The lowest BCUT2D eigenvalue weighted by Gasteiger charge is -2.32. The van der Waals surface area contributed by atoms with Crippen LogP contribution < -0.4 is 9.62 Å². The van der Waals surface area contributed by atoms with Crippen molar-refractivity contribution in [3.05, 3.63) is 93.4 Å². The fourth-order valence-electron chi connectivity index (χ4n) is 3.65. The fourth-order valence-corrected chi connectivity index (χ4v) is 5.90. The highest BCUT2D eigenvalue weighted by atomic mass is 35.5. The smallest absolute Gasteiger partial charge is 0.264 e. The van der Waals surface area contributed by atoms with Crippen molar-refractivity contribution in [1.82, 2.24) is 10.2 Å². The molecule has 0 spiro atoms. The molecule has 1 atom stereocenters. The zero-order valence-corrected chi connectivity index (χ0v) is 23.3. The van der Waals surface area contributed by atoms with Crippen LogP contribution in [-0.2, 0) is 26.2 Å². The minimum atomic E-state index is -4.20. The molecule has 0 aliphatic heterocycles. The molecular weight excluding hydrogens is 557 g/mol. The SMILES string of the molecule is CCNC(=O)[C@@H](C)N(Cc1c(Cl)cccc1Cl)C(=O)CN(c1ccccc1Cl)S(=O)(=O)c1ccccc1. The summed E-state index contributed by atoms with van der Waals surface area (Å²) < 4.78 is 28.3. The molecule has 0 saturated heterocycles. The van der Waals surface area contributed by atoms with Crippen LogP contribution in [0.5, 0.6) is 0 Å². The molecule has 0 aliphatic rings. The van der Waals surface area contributed by atoms with Gasteiger partial charge < -0.3 is 10.2 Å². The van der Waals surface area contributed by atoms with Crippen molar-refractivity contribution in [2.45, 2.75) is 31.3 Å². The minimum absolute atomic E-state index is 0.0137. The average molecular weight is 583 g/mol. The molecule has 0 aliphatic carbocycles. The zero-order valence-electron chi connectivity index (χ0n) is 20.2. The number of anilines is 1. The maximum atomic E-state index is 13.8. The van der Waals surface area contributed by atoms with Crippen LogP contribution in [0.3, 0.4) is 0 Å². The predicted molar refractivity (Wildman–Crippen MR) is 148 cm³/mol. The van der Waals surface area contributed by atoms with Crippen molar-refractivity contribution in [2.75, 3.05) is 17.4 Å². The number of benzene rings is 3. The summed E-state index contributed by atoms with van der Waals surface area (Å²) in [6, 6.07) is 18.0. The molecule has 2 amide bonds. The van der Waals surface area contributed by atoms with Crippen LogP contribution in [0.1, 0.15) is 19.4 Å². The number of nitrogens with one attached hydrogen (secondary N) is 1. The largest absolute Gasteiger partial charge is 0.355 e. The Kier molecular flexibility index (Phi) is 9.84. The Morgan fingerprint density at radius 2 is 1.43 bits per heavy atom. The van der Waals surface area contributed by atoms with Crippen LogP contribution in [0.4, 0.5) is 5.69 Å². The second-order valence-corrected chi connectivity index (χ2v) is 11.2. The Labute approximate surface area is 232 Å². The van der Waals surface area contributed by atoms with Crippen LogP contribution >= 0.6 is 34.8 Å². The van der Waals surface area contributed by atoms with Crippen molar-refractivity contribution in [2.24, 2.45) is 0 Å².